The first-order chi connectivity index (χ1) is 13.1. The Labute approximate surface area is 166 Å². The lowest BCUT2D eigenvalue weighted by atomic mass is 10.1. The van der Waals surface area contributed by atoms with Gasteiger partial charge in [0.05, 0.1) is 4.90 Å². The van der Waals surface area contributed by atoms with Crippen LogP contribution in [0.15, 0.2) is 27.6 Å². The predicted octanol–water partition coefficient (Wildman–Crippen LogP) is 3.74. The molecule has 1 aromatic heterocycles. The summed E-state index contributed by atoms with van der Waals surface area (Å²) in [4.78, 5) is 11.6. The fraction of sp³-hybridized carbons (Fsp3) is 0.400. The standard InChI is InChI=1S/C20H27N3O4S/c1-13(2)10-11-21-28(25,26)19-12-17(7-6-14(19)3)8-9-18-20(22-16(5)24)15(4)23-27-18/h6-9,12-13,21H,10-11H2,1-5H3,(H,22,24). The molecule has 8 heteroatoms. The number of hydrogen-bond acceptors (Lipinski definition) is 5. The van der Waals surface area contributed by atoms with Crippen LogP contribution in [0.4, 0.5) is 5.69 Å². The molecule has 0 saturated heterocycles. The molecule has 0 saturated carbocycles. The molecule has 2 rings (SSSR count). The highest BCUT2D eigenvalue weighted by Gasteiger charge is 2.17. The summed E-state index contributed by atoms with van der Waals surface area (Å²) < 4.78 is 33.1. The third-order valence-corrected chi connectivity index (χ3v) is 5.74. The summed E-state index contributed by atoms with van der Waals surface area (Å²) in [7, 11) is -3.59. The van der Waals surface area contributed by atoms with Crippen molar-refractivity contribution < 1.29 is 17.7 Å². The number of benzene rings is 1. The lowest BCUT2D eigenvalue weighted by Crippen LogP contribution is -2.26. The van der Waals surface area contributed by atoms with E-state index in [1.807, 2.05) is 19.9 Å². The Balaban J connectivity index is 2.26. The number of anilines is 1. The fourth-order valence-corrected chi connectivity index (χ4v) is 3.90. The van der Waals surface area contributed by atoms with E-state index in [4.69, 9.17) is 4.52 Å². The third kappa shape index (κ3) is 5.77. The molecule has 0 spiro atoms. The zero-order chi connectivity index (χ0) is 20.9. The van der Waals surface area contributed by atoms with E-state index in [1.54, 1.807) is 38.1 Å². The third-order valence-electron chi connectivity index (χ3n) is 4.13. The first-order valence-corrected chi connectivity index (χ1v) is 10.6. The summed E-state index contributed by atoms with van der Waals surface area (Å²) in [5.74, 6) is 0.589. The molecule has 152 valence electrons. The highest BCUT2D eigenvalue weighted by Crippen LogP contribution is 2.24. The van der Waals surface area contributed by atoms with Crippen molar-refractivity contribution in [2.24, 2.45) is 5.92 Å². The fourth-order valence-electron chi connectivity index (χ4n) is 2.57. The van der Waals surface area contributed by atoms with Crippen molar-refractivity contribution in [2.45, 2.75) is 45.9 Å². The zero-order valence-electron chi connectivity index (χ0n) is 16.9. The van der Waals surface area contributed by atoms with Crippen LogP contribution in [0.3, 0.4) is 0 Å². The highest BCUT2D eigenvalue weighted by molar-refractivity contribution is 7.89. The lowest BCUT2D eigenvalue weighted by Gasteiger charge is -2.11. The van der Waals surface area contributed by atoms with Gasteiger partial charge in [-0.2, -0.15) is 0 Å². The average Bonchev–Trinajstić information content (AvgIpc) is 2.93. The normalized spacial score (nSPS) is 12.1. The van der Waals surface area contributed by atoms with Gasteiger partial charge in [0.1, 0.15) is 11.4 Å². The first-order valence-electron chi connectivity index (χ1n) is 9.12. The molecule has 0 radical (unpaired) electrons. The summed E-state index contributed by atoms with van der Waals surface area (Å²) in [6, 6.07) is 5.20. The van der Waals surface area contributed by atoms with Crippen molar-refractivity contribution in [3.05, 3.63) is 40.8 Å². The minimum absolute atomic E-state index is 0.225. The van der Waals surface area contributed by atoms with Crippen LogP contribution in [-0.4, -0.2) is 26.0 Å². The molecule has 7 nitrogen and oxygen atoms in total. The molecule has 0 aliphatic carbocycles. The van der Waals surface area contributed by atoms with Gasteiger partial charge in [0.25, 0.3) is 0 Å². The van der Waals surface area contributed by atoms with E-state index in [2.05, 4.69) is 15.2 Å². The Morgan fingerprint density at radius 3 is 2.61 bits per heavy atom. The molecule has 0 bridgehead atoms. The van der Waals surface area contributed by atoms with Crippen LogP contribution in [0.2, 0.25) is 0 Å². The number of hydrogen-bond donors (Lipinski definition) is 2. The minimum atomic E-state index is -3.59. The van der Waals surface area contributed by atoms with Crippen molar-refractivity contribution in [1.29, 1.82) is 0 Å². The van der Waals surface area contributed by atoms with Crippen LogP contribution in [-0.2, 0) is 14.8 Å². The molecule has 2 aromatic rings. The predicted molar refractivity (Wildman–Crippen MR) is 110 cm³/mol. The number of aromatic nitrogens is 1. The molecule has 0 aliphatic rings. The molecule has 1 aromatic carbocycles. The maximum atomic E-state index is 12.6. The minimum Gasteiger partial charge on any atom is -0.354 e. The van der Waals surface area contributed by atoms with E-state index in [1.165, 1.54) is 6.92 Å². The Hall–Kier alpha value is -2.45. The Bertz CT molecular complexity index is 975. The van der Waals surface area contributed by atoms with E-state index in [-0.39, 0.29) is 10.8 Å². The number of carbonyl (C=O) groups is 1. The average molecular weight is 406 g/mol. The smallest absolute Gasteiger partial charge is 0.240 e. The van der Waals surface area contributed by atoms with Crippen LogP contribution in [0.1, 0.15) is 49.8 Å². The molecule has 1 heterocycles. The summed E-state index contributed by atoms with van der Waals surface area (Å²) >= 11 is 0. The van der Waals surface area contributed by atoms with Crippen LogP contribution in [0.25, 0.3) is 12.2 Å². The van der Waals surface area contributed by atoms with Crippen LogP contribution < -0.4 is 10.0 Å². The van der Waals surface area contributed by atoms with Gasteiger partial charge in [0.2, 0.25) is 15.9 Å². The molecule has 28 heavy (non-hydrogen) atoms. The van der Waals surface area contributed by atoms with E-state index in [0.29, 0.717) is 40.7 Å². The molecule has 0 unspecified atom stereocenters. The Kier molecular flexibility index (Phi) is 7.15. The highest BCUT2D eigenvalue weighted by atomic mass is 32.2. The SMILES string of the molecule is CC(=O)Nc1c(C)noc1C=Cc1ccc(C)c(S(=O)(=O)NCCC(C)C)c1. The van der Waals surface area contributed by atoms with Gasteiger partial charge < -0.3 is 9.84 Å². The van der Waals surface area contributed by atoms with Crippen molar-refractivity contribution in [3.8, 4) is 0 Å². The second-order valence-corrected chi connectivity index (χ2v) is 8.86. The number of nitrogens with zero attached hydrogens (tertiary/aromatic N) is 1. The number of rotatable bonds is 8. The van der Waals surface area contributed by atoms with Crippen molar-refractivity contribution in [2.75, 3.05) is 11.9 Å². The topological polar surface area (TPSA) is 101 Å². The van der Waals surface area contributed by atoms with Gasteiger partial charge in [-0.3, -0.25) is 4.79 Å². The van der Waals surface area contributed by atoms with Gasteiger partial charge >= 0.3 is 0 Å². The maximum Gasteiger partial charge on any atom is 0.240 e. The van der Waals surface area contributed by atoms with Crippen molar-refractivity contribution >= 4 is 33.8 Å². The molecular weight excluding hydrogens is 378 g/mol. The monoisotopic (exact) mass is 405 g/mol. The van der Waals surface area contributed by atoms with E-state index < -0.39 is 10.0 Å². The van der Waals surface area contributed by atoms with Gasteiger partial charge in [-0.15, -0.1) is 0 Å². The molecule has 0 fully saturated rings. The summed E-state index contributed by atoms with van der Waals surface area (Å²) in [6.45, 7) is 9.39. The van der Waals surface area contributed by atoms with E-state index in [9.17, 15) is 13.2 Å². The number of nitrogens with one attached hydrogen (secondary N) is 2. The van der Waals surface area contributed by atoms with Gasteiger partial charge in [-0.05, 0) is 49.5 Å². The zero-order valence-corrected chi connectivity index (χ0v) is 17.7. The number of carbonyl (C=O) groups excluding carboxylic acids is 1. The van der Waals surface area contributed by atoms with E-state index in [0.717, 1.165) is 6.42 Å². The quantitative estimate of drug-likeness (QED) is 0.696. The molecule has 1 amide bonds. The first kappa shape index (κ1) is 21.8. The van der Waals surface area contributed by atoms with Crippen molar-refractivity contribution in [3.63, 3.8) is 0 Å². The molecule has 0 aliphatic heterocycles. The molecule has 0 atom stereocenters. The van der Waals surface area contributed by atoms with E-state index >= 15 is 0 Å². The Morgan fingerprint density at radius 1 is 1.25 bits per heavy atom. The second kappa shape index (κ2) is 9.16. The van der Waals surface area contributed by atoms with Gasteiger partial charge in [-0.25, -0.2) is 13.1 Å². The summed E-state index contributed by atoms with van der Waals surface area (Å²) in [5.41, 5.74) is 2.43. The second-order valence-electron chi connectivity index (χ2n) is 7.13. The molecule has 2 N–H and O–H groups in total. The number of sulfonamides is 1. The number of aryl methyl sites for hydroxylation is 2. The Morgan fingerprint density at radius 2 is 1.96 bits per heavy atom. The van der Waals surface area contributed by atoms with Crippen LogP contribution in [0, 0.1) is 19.8 Å². The van der Waals surface area contributed by atoms with Gasteiger partial charge in [-0.1, -0.05) is 37.2 Å². The largest absolute Gasteiger partial charge is 0.354 e. The molecular formula is C20H27N3O4S. The van der Waals surface area contributed by atoms with Gasteiger partial charge in [0, 0.05) is 13.5 Å². The summed E-state index contributed by atoms with van der Waals surface area (Å²) in [6.07, 6.45) is 4.14. The van der Waals surface area contributed by atoms with Crippen LogP contribution >= 0.6 is 0 Å². The lowest BCUT2D eigenvalue weighted by molar-refractivity contribution is -0.114. The van der Waals surface area contributed by atoms with Crippen LogP contribution in [0.5, 0.6) is 0 Å². The number of amides is 1. The summed E-state index contributed by atoms with van der Waals surface area (Å²) in [5, 5.41) is 6.54. The maximum absolute atomic E-state index is 12.6. The van der Waals surface area contributed by atoms with Gasteiger partial charge in [0.15, 0.2) is 5.76 Å². The van der Waals surface area contributed by atoms with Crippen molar-refractivity contribution in [1.82, 2.24) is 9.88 Å².